The molecule has 0 aliphatic carbocycles. The number of aromatic nitrogens is 2. The van der Waals surface area contributed by atoms with E-state index in [1.54, 1.807) is 13.3 Å². The molecule has 0 fully saturated rings. The number of nitrogens with zero attached hydrogens (tertiary/aromatic N) is 3. The minimum atomic E-state index is 0.562. The molecule has 19 heavy (non-hydrogen) atoms. The molecule has 0 saturated heterocycles. The molecule has 0 aromatic carbocycles. The van der Waals surface area contributed by atoms with Crippen molar-refractivity contribution >= 4 is 22.4 Å². The second-order valence-electron chi connectivity index (χ2n) is 4.26. The van der Waals surface area contributed by atoms with Gasteiger partial charge in [0.1, 0.15) is 10.8 Å². The Morgan fingerprint density at radius 2 is 2.32 bits per heavy atom. The first kappa shape index (κ1) is 13.8. The van der Waals surface area contributed by atoms with E-state index in [1.165, 1.54) is 11.5 Å². The van der Waals surface area contributed by atoms with Crippen molar-refractivity contribution in [1.82, 2.24) is 9.36 Å². The van der Waals surface area contributed by atoms with Crippen molar-refractivity contribution in [2.45, 2.75) is 6.42 Å². The van der Waals surface area contributed by atoms with Crippen molar-refractivity contribution in [3.05, 3.63) is 24.5 Å². The van der Waals surface area contributed by atoms with Crippen LogP contribution in [0.25, 0.3) is 11.1 Å². The van der Waals surface area contributed by atoms with E-state index in [-0.39, 0.29) is 0 Å². The van der Waals surface area contributed by atoms with Gasteiger partial charge in [-0.1, -0.05) is 6.07 Å². The Morgan fingerprint density at radius 3 is 3.00 bits per heavy atom. The van der Waals surface area contributed by atoms with E-state index >= 15 is 0 Å². The van der Waals surface area contributed by atoms with Crippen LogP contribution in [-0.2, 0) is 4.74 Å². The Labute approximate surface area is 117 Å². The zero-order valence-electron chi connectivity index (χ0n) is 11.2. The van der Waals surface area contributed by atoms with Crippen LogP contribution in [0.3, 0.4) is 0 Å². The number of pyridine rings is 1. The van der Waals surface area contributed by atoms with Crippen molar-refractivity contribution in [3.63, 3.8) is 0 Å². The molecule has 0 unspecified atom stereocenters. The molecule has 0 spiro atoms. The molecule has 2 rings (SSSR count). The lowest BCUT2D eigenvalue weighted by atomic mass is 10.1. The molecule has 2 N–H and O–H groups in total. The number of ether oxygens (including phenoxy) is 1. The maximum atomic E-state index is 5.99. The summed E-state index contributed by atoms with van der Waals surface area (Å²) in [4.78, 5) is 6.30. The fourth-order valence-corrected chi connectivity index (χ4v) is 2.70. The number of hydrogen-bond acceptors (Lipinski definition) is 6. The lowest BCUT2D eigenvalue weighted by molar-refractivity contribution is 0.196. The largest absolute Gasteiger partial charge is 0.385 e. The van der Waals surface area contributed by atoms with Crippen LogP contribution in [-0.4, -0.2) is 36.7 Å². The third-order valence-corrected chi connectivity index (χ3v) is 3.82. The topological polar surface area (TPSA) is 64.3 Å². The summed E-state index contributed by atoms with van der Waals surface area (Å²) in [5.41, 5.74) is 7.96. The first-order valence-corrected chi connectivity index (χ1v) is 6.87. The SMILES string of the molecule is COCCCN(C)c1snc(N)c1-c1cccnc1. The van der Waals surface area contributed by atoms with Gasteiger partial charge in [-0.15, -0.1) is 0 Å². The molecule has 5 nitrogen and oxygen atoms in total. The highest BCUT2D eigenvalue weighted by Gasteiger charge is 2.16. The van der Waals surface area contributed by atoms with E-state index in [0.717, 1.165) is 35.7 Å². The monoisotopic (exact) mass is 278 g/mol. The van der Waals surface area contributed by atoms with Crippen LogP contribution in [0.4, 0.5) is 10.8 Å². The second-order valence-corrected chi connectivity index (χ2v) is 5.01. The number of anilines is 2. The first-order valence-electron chi connectivity index (χ1n) is 6.09. The van der Waals surface area contributed by atoms with Crippen LogP contribution in [0.1, 0.15) is 6.42 Å². The summed E-state index contributed by atoms with van der Waals surface area (Å²) in [5, 5.41) is 1.07. The third kappa shape index (κ3) is 3.21. The van der Waals surface area contributed by atoms with Gasteiger partial charge in [-0.25, -0.2) is 0 Å². The zero-order valence-corrected chi connectivity index (χ0v) is 12.0. The minimum Gasteiger partial charge on any atom is -0.385 e. The van der Waals surface area contributed by atoms with Crippen molar-refractivity contribution in [2.75, 3.05) is 37.9 Å². The van der Waals surface area contributed by atoms with Crippen LogP contribution in [0.15, 0.2) is 24.5 Å². The Bertz CT molecular complexity index is 515. The summed E-state index contributed by atoms with van der Waals surface area (Å²) in [5.74, 6) is 0.562. The Morgan fingerprint density at radius 1 is 1.47 bits per heavy atom. The zero-order chi connectivity index (χ0) is 13.7. The summed E-state index contributed by atoms with van der Waals surface area (Å²) in [6, 6.07) is 3.90. The van der Waals surface area contributed by atoms with Crippen LogP contribution in [0.2, 0.25) is 0 Å². The highest BCUT2D eigenvalue weighted by molar-refractivity contribution is 7.11. The number of rotatable bonds is 6. The van der Waals surface area contributed by atoms with Gasteiger partial charge in [0.25, 0.3) is 0 Å². The van der Waals surface area contributed by atoms with E-state index in [1.807, 2.05) is 25.4 Å². The Balaban J connectivity index is 2.23. The maximum Gasteiger partial charge on any atom is 0.147 e. The lowest BCUT2D eigenvalue weighted by Crippen LogP contribution is -2.19. The minimum absolute atomic E-state index is 0.562. The molecule has 102 valence electrons. The summed E-state index contributed by atoms with van der Waals surface area (Å²) in [7, 11) is 3.76. The van der Waals surface area contributed by atoms with Gasteiger partial charge >= 0.3 is 0 Å². The fraction of sp³-hybridized carbons (Fsp3) is 0.385. The van der Waals surface area contributed by atoms with Gasteiger partial charge in [0, 0.05) is 45.3 Å². The summed E-state index contributed by atoms with van der Waals surface area (Å²) in [6.07, 6.45) is 4.53. The lowest BCUT2D eigenvalue weighted by Gasteiger charge is -2.18. The normalized spacial score (nSPS) is 10.6. The van der Waals surface area contributed by atoms with Crippen molar-refractivity contribution in [2.24, 2.45) is 0 Å². The molecule has 0 bridgehead atoms. The summed E-state index contributed by atoms with van der Waals surface area (Å²) in [6.45, 7) is 1.66. The van der Waals surface area contributed by atoms with Crippen LogP contribution < -0.4 is 10.6 Å². The van der Waals surface area contributed by atoms with Gasteiger partial charge in [-0.05, 0) is 24.0 Å². The molecule has 0 aliphatic rings. The van der Waals surface area contributed by atoms with Crippen molar-refractivity contribution < 1.29 is 4.74 Å². The van der Waals surface area contributed by atoms with E-state index in [9.17, 15) is 0 Å². The molecule has 0 aliphatic heterocycles. The second kappa shape index (κ2) is 6.49. The summed E-state index contributed by atoms with van der Waals surface area (Å²) < 4.78 is 9.34. The smallest absolute Gasteiger partial charge is 0.147 e. The Hall–Kier alpha value is -1.66. The van der Waals surface area contributed by atoms with Gasteiger partial charge < -0.3 is 15.4 Å². The molecule has 0 atom stereocenters. The number of nitrogens with two attached hydrogens (primary N) is 1. The van der Waals surface area contributed by atoms with Gasteiger partial charge in [-0.2, -0.15) is 4.37 Å². The molecular formula is C13H18N4OS. The molecule has 2 heterocycles. The fourth-order valence-electron chi connectivity index (χ4n) is 1.88. The molecular weight excluding hydrogens is 260 g/mol. The predicted octanol–water partition coefficient (Wildman–Crippen LogP) is 2.26. The molecule has 6 heteroatoms. The van der Waals surface area contributed by atoms with E-state index in [2.05, 4.69) is 14.3 Å². The van der Waals surface area contributed by atoms with Gasteiger partial charge in [-0.3, -0.25) is 4.98 Å². The highest BCUT2D eigenvalue weighted by Crippen LogP contribution is 2.38. The Kier molecular flexibility index (Phi) is 4.70. The quantitative estimate of drug-likeness (QED) is 0.821. The molecule has 2 aromatic heterocycles. The van der Waals surface area contributed by atoms with Crippen LogP contribution in [0, 0.1) is 0 Å². The maximum absolute atomic E-state index is 5.99. The van der Waals surface area contributed by atoms with E-state index in [4.69, 9.17) is 10.5 Å². The predicted molar refractivity (Wildman–Crippen MR) is 79.5 cm³/mol. The van der Waals surface area contributed by atoms with Gasteiger partial charge in [0.05, 0.1) is 5.56 Å². The molecule has 2 aromatic rings. The number of hydrogen-bond donors (Lipinski definition) is 1. The molecule has 0 saturated carbocycles. The average Bonchev–Trinajstić information content (AvgIpc) is 2.82. The van der Waals surface area contributed by atoms with E-state index in [0.29, 0.717) is 5.82 Å². The summed E-state index contributed by atoms with van der Waals surface area (Å²) >= 11 is 1.42. The van der Waals surface area contributed by atoms with Gasteiger partial charge in [0.2, 0.25) is 0 Å². The van der Waals surface area contributed by atoms with Crippen molar-refractivity contribution in [1.29, 1.82) is 0 Å². The van der Waals surface area contributed by atoms with E-state index < -0.39 is 0 Å². The number of nitrogen functional groups attached to an aromatic ring is 1. The van der Waals surface area contributed by atoms with Crippen molar-refractivity contribution in [3.8, 4) is 11.1 Å². The average molecular weight is 278 g/mol. The first-order chi connectivity index (χ1) is 9.24. The van der Waals surface area contributed by atoms with Crippen LogP contribution >= 0.6 is 11.5 Å². The molecule has 0 amide bonds. The molecule has 0 radical (unpaired) electrons. The van der Waals surface area contributed by atoms with Gasteiger partial charge in [0.15, 0.2) is 0 Å². The van der Waals surface area contributed by atoms with Crippen LogP contribution in [0.5, 0.6) is 0 Å². The number of methoxy groups -OCH3 is 1. The standard InChI is InChI=1S/C13H18N4OS/c1-17(7-4-8-18-2)13-11(12(14)16-19-13)10-5-3-6-15-9-10/h3,5-6,9H,4,7-8H2,1-2H3,(H2,14,16). The third-order valence-electron chi connectivity index (χ3n) is 2.84. The highest BCUT2D eigenvalue weighted by atomic mass is 32.1.